The number of carboxylic acid groups (broad SMARTS) is 1. The fourth-order valence-corrected chi connectivity index (χ4v) is 3.75. The predicted molar refractivity (Wildman–Crippen MR) is 82.5 cm³/mol. The van der Waals surface area contributed by atoms with E-state index in [-0.39, 0.29) is 0 Å². The van der Waals surface area contributed by atoms with Crippen molar-refractivity contribution in [3.05, 3.63) is 39.0 Å². The molecule has 3 nitrogen and oxygen atoms in total. The van der Waals surface area contributed by atoms with E-state index in [1.807, 2.05) is 19.1 Å². The molecule has 1 heterocycles. The summed E-state index contributed by atoms with van der Waals surface area (Å²) in [4.78, 5) is 16.6. The molecule has 1 aromatic carbocycles. The van der Waals surface area contributed by atoms with E-state index in [9.17, 15) is 9.90 Å². The van der Waals surface area contributed by atoms with Gasteiger partial charge in [-0.05, 0) is 55.4 Å². The Morgan fingerprint density at radius 3 is 2.90 bits per heavy atom. The van der Waals surface area contributed by atoms with Crippen LogP contribution in [0.4, 0.5) is 0 Å². The standard InChI is InChI=1S/C16H16BrNO2/c1-8-4-3-5-11-13(16(19)20)12-7-10(17)6-9(2)15(12)18-14(8)11/h6-8H,3-5H2,1-2H3,(H,19,20). The number of nitrogens with zero attached hydrogens (tertiary/aromatic N) is 1. The second kappa shape index (κ2) is 4.85. The highest BCUT2D eigenvalue weighted by molar-refractivity contribution is 9.10. The molecule has 0 saturated heterocycles. The van der Waals surface area contributed by atoms with E-state index < -0.39 is 5.97 Å². The van der Waals surface area contributed by atoms with Crippen molar-refractivity contribution in [3.63, 3.8) is 0 Å². The zero-order valence-electron chi connectivity index (χ0n) is 11.5. The second-order valence-corrected chi connectivity index (χ2v) is 6.48. The Hall–Kier alpha value is -1.42. The molecule has 0 aliphatic heterocycles. The number of aryl methyl sites for hydroxylation is 1. The molecular formula is C16H16BrNO2. The van der Waals surface area contributed by atoms with E-state index in [4.69, 9.17) is 4.98 Å². The van der Waals surface area contributed by atoms with Crippen LogP contribution in [-0.2, 0) is 6.42 Å². The molecule has 0 saturated carbocycles. The van der Waals surface area contributed by atoms with E-state index in [1.54, 1.807) is 0 Å². The highest BCUT2D eigenvalue weighted by atomic mass is 79.9. The number of carbonyl (C=O) groups is 1. The summed E-state index contributed by atoms with van der Waals surface area (Å²) in [6.45, 7) is 4.11. The van der Waals surface area contributed by atoms with Crippen molar-refractivity contribution >= 4 is 32.8 Å². The summed E-state index contributed by atoms with van der Waals surface area (Å²) in [7, 11) is 0. The van der Waals surface area contributed by atoms with Gasteiger partial charge in [0.2, 0.25) is 0 Å². The smallest absolute Gasteiger partial charge is 0.336 e. The zero-order valence-corrected chi connectivity index (χ0v) is 13.1. The monoisotopic (exact) mass is 333 g/mol. The second-order valence-electron chi connectivity index (χ2n) is 5.57. The molecule has 0 bridgehead atoms. The van der Waals surface area contributed by atoms with E-state index in [1.165, 1.54) is 0 Å². The van der Waals surface area contributed by atoms with Gasteiger partial charge in [0.1, 0.15) is 0 Å². The molecule has 1 aliphatic rings. The lowest BCUT2D eigenvalue weighted by atomic mass is 9.84. The van der Waals surface area contributed by atoms with Crippen molar-refractivity contribution in [2.45, 2.75) is 39.0 Å². The maximum absolute atomic E-state index is 11.8. The van der Waals surface area contributed by atoms with E-state index >= 15 is 0 Å². The molecular weight excluding hydrogens is 318 g/mol. The van der Waals surface area contributed by atoms with Crippen molar-refractivity contribution in [3.8, 4) is 0 Å². The van der Waals surface area contributed by atoms with Crippen LogP contribution >= 0.6 is 15.9 Å². The number of rotatable bonds is 1. The minimum Gasteiger partial charge on any atom is -0.478 e. The van der Waals surface area contributed by atoms with Crippen LogP contribution < -0.4 is 0 Å². The van der Waals surface area contributed by atoms with Crippen LogP contribution in [-0.4, -0.2) is 16.1 Å². The Kier molecular flexibility index (Phi) is 3.28. The number of pyridine rings is 1. The summed E-state index contributed by atoms with van der Waals surface area (Å²) in [5.74, 6) is -0.510. The first-order valence-electron chi connectivity index (χ1n) is 6.85. The summed E-state index contributed by atoms with van der Waals surface area (Å²) in [6, 6.07) is 3.86. The normalized spacial score (nSPS) is 18.1. The minimum absolute atomic E-state index is 0.337. The van der Waals surface area contributed by atoms with Crippen molar-refractivity contribution in [1.82, 2.24) is 4.98 Å². The molecule has 0 spiro atoms. The number of aromatic carboxylic acids is 1. The SMILES string of the molecule is Cc1cc(Br)cc2c(C(=O)O)c3c(nc12)C(C)CCC3. The van der Waals surface area contributed by atoms with Gasteiger partial charge in [-0.25, -0.2) is 4.79 Å². The van der Waals surface area contributed by atoms with Gasteiger partial charge in [0, 0.05) is 15.6 Å². The number of fused-ring (bicyclic) bond motifs is 2. The summed E-state index contributed by atoms with van der Waals surface area (Å²) in [5, 5.41) is 10.4. The van der Waals surface area contributed by atoms with Gasteiger partial charge in [-0.1, -0.05) is 22.9 Å². The highest BCUT2D eigenvalue weighted by Crippen LogP contribution is 2.36. The van der Waals surface area contributed by atoms with Gasteiger partial charge < -0.3 is 5.11 Å². The van der Waals surface area contributed by atoms with Gasteiger partial charge in [0.15, 0.2) is 0 Å². The third kappa shape index (κ3) is 2.03. The fourth-order valence-electron chi connectivity index (χ4n) is 3.18. The lowest BCUT2D eigenvalue weighted by Crippen LogP contribution is -2.16. The summed E-state index contributed by atoms with van der Waals surface area (Å²) in [5.41, 5.74) is 4.18. The lowest BCUT2D eigenvalue weighted by Gasteiger charge is -2.24. The minimum atomic E-state index is -0.847. The van der Waals surface area contributed by atoms with Crippen molar-refractivity contribution in [2.75, 3.05) is 0 Å². The number of hydrogen-bond acceptors (Lipinski definition) is 2. The molecule has 20 heavy (non-hydrogen) atoms. The molecule has 1 unspecified atom stereocenters. The summed E-state index contributed by atoms with van der Waals surface area (Å²) >= 11 is 3.45. The first-order valence-corrected chi connectivity index (χ1v) is 7.64. The highest BCUT2D eigenvalue weighted by Gasteiger charge is 2.26. The Morgan fingerprint density at radius 1 is 1.45 bits per heavy atom. The van der Waals surface area contributed by atoms with Gasteiger partial charge in [0.25, 0.3) is 0 Å². The van der Waals surface area contributed by atoms with Crippen LogP contribution in [0.2, 0.25) is 0 Å². The third-order valence-corrected chi connectivity index (χ3v) is 4.58. The average Bonchev–Trinajstić information content (AvgIpc) is 2.36. The molecule has 0 fully saturated rings. The number of halogens is 1. The first kappa shape index (κ1) is 13.6. The Balaban J connectivity index is 2.47. The van der Waals surface area contributed by atoms with Crippen molar-refractivity contribution < 1.29 is 9.90 Å². The topological polar surface area (TPSA) is 50.2 Å². The third-order valence-electron chi connectivity index (χ3n) is 4.12. The van der Waals surface area contributed by atoms with Crippen LogP contribution in [0.1, 0.15) is 52.9 Å². The molecule has 2 aromatic rings. The quantitative estimate of drug-likeness (QED) is 0.839. The van der Waals surface area contributed by atoms with Gasteiger partial charge in [-0.2, -0.15) is 0 Å². The van der Waals surface area contributed by atoms with Crippen LogP contribution in [0, 0.1) is 6.92 Å². The van der Waals surface area contributed by atoms with Crippen molar-refractivity contribution in [2.24, 2.45) is 0 Å². The first-order chi connectivity index (χ1) is 9.49. The van der Waals surface area contributed by atoms with Crippen LogP contribution in [0.25, 0.3) is 10.9 Å². The van der Waals surface area contributed by atoms with Gasteiger partial charge >= 0.3 is 5.97 Å². The Morgan fingerprint density at radius 2 is 2.20 bits per heavy atom. The molecule has 4 heteroatoms. The van der Waals surface area contributed by atoms with Gasteiger partial charge in [0.05, 0.1) is 11.1 Å². The molecule has 1 N–H and O–H groups in total. The average molecular weight is 334 g/mol. The Bertz CT molecular complexity index is 724. The number of hydrogen-bond donors (Lipinski definition) is 1. The molecule has 0 amide bonds. The largest absolute Gasteiger partial charge is 0.478 e. The summed E-state index contributed by atoms with van der Waals surface area (Å²) < 4.78 is 0.899. The van der Waals surface area contributed by atoms with Crippen molar-refractivity contribution in [1.29, 1.82) is 0 Å². The van der Waals surface area contributed by atoms with Gasteiger partial charge in [-0.3, -0.25) is 4.98 Å². The molecule has 0 radical (unpaired) electrons. The van der Waals surface area contributed by atoms with Crippen LogP contribution in [0.5, 0.6) is 0 Å². The lowest BCUT2D eigenvalue weighted by molar-refractivity contribution is 0.0697. The van der Waals surface area contributed by atoms with E-state index in [0.29, 0.717) is 11.5 Å². The van der Waals surface area contributed by atoms with Crippen LogP contribution in [0.3, 0.4) is 0 Å². The zero-order chi connectivity index (χ0) is 14.4. The molecule has 1 aromatic heterocycles. The Labute approximate surface area is 126 Å². The molecule has 104 valence electrons. The summed E-state index contributed by atoms with van der Waals surface area (Å²) in [6.07, 6.45) is 2.94. The molecule has 1 atom stereocenters. The predicted octanol–water partition coefficient (Wildman–Crippen LogP) is 4.44. The maximum Gasteiger partial charge on any atom is 0.336 e. The maximum atomic E-state index is 11.8. The number of carboxylic acids is 1. The molecule has 1 aliphatic carbocycles. The van der Waals surface area contributed by atoms with Gasteiger partial charge in [-0.15, -0.1) is 0 Å². The van der Waals surface area contributed by atoms with Crippen LogP contribution in [0.15, 0.2) is 16.6 Å². The van der Waals surface area contributed by atoms with E-state index in [0.717, 1.165) is 51.5 Å². The molecule has 3 rings (SSSR count). The number of aromatic nitrogens is 1. The fraction of sp³-hybridized carbons (Fsp3) is 0.375. The van der Waals surface area contributed by atoms with E-state index in [2.05, 4.69) is 22.9 Å². The number of benzene rings is 1.